The molecule has 31 heavy (non-hydrogen) atoms. The van der Waals surface area contributed by atoms with Crippen LogP contribution in [0, 0.1) is 0 Å². The van der Waals surface area contributed by atoms with Crippen LogP contribution >= 0.6 is 0 Å². The Hall–Kier alpha value is -2.52. The second kappa shape index (κ2) is 13.0. The molecule has 1 saturated heterocycles. The molecule has 0 radical (unpaired) electrons. The molecule has 1 aromatic carbocycles. The maximum absolute atomic E-state index is 11.8. The summed E-state index contributed by atoms with van der Waals surface area (Å²) in [7, 11) is 5.00. The molecular weight excluding hydrogens is 398 g/mol. The fourth-order valence-electron chi connectivity index (χ4n) is 3.51. The minimum Gasteiger partial charge on any atom is -0.493 e. The van der Waals surface area contributed by atoms with Crippen molar-refractivity contribution in [3.63, 3.8) is 0 Å². The fourth-order valence-corrected chi connectivity index (χ4v) is 3.51. The van der Waals surface area contributed by atoms with E-state index in [2.05, 4.69) is 31.9 Å². The number of benzene rings is 1. The molecule has 1 amide bonds. The Morgan fingerprint density at radius 2 is 1.87 bits per heavy atom. The van der Waals surface area contributed by atoms with Gasteiger partial charge >= 0.3 is 0 Å². The molecule has 3 N–H and O–H groups in total. The number of carbonyl (C=O) groups excluding carboxylic acids is 1. The van der Waals surface area contributed by atoms with Crippen molar-refractivity contribution in [2.24, 2.45) is 4.99 Å². The van der Waals surface area contributed by atoms with Gasteiger partial charge in [0.25, 0.3) is 0 Å². The zero-order chi connectivity index (χ0) is 22.6. The largest absolute Gasteiger partial charge is 0.493 e. The van der Waals surface area contributed by atoms with Crippen molar-refractivity contribution in [3.8, 4) is 11.5 Å². The summed E-state index contributed by atoms with van der Waals surface area (Å²) in [5.41, 5.74) is 1.12. The number of morpholine rings is 1. The monoisotopic (exact) mass is 435 g/mol. The molecule has 0 aliphatic carbocycles. The Bertz CT molecular complexity index is 720. The van der Waals surface area contributed by atoms with Gasteiger partial charge in [0.15, 0.2) is 17.5 Å². The summed E-state index contributed by atoms with van der Waals surface area (Å²) in [5.74, 6) is 2.10. The molecule has 1 aromatic rings. The van der Waals surface area contributed by atoms with Crippen LogP contribution in [-0.2, 0) is 9.53 Å². The van der Waals surface area contributed by atoms with Crippen molar-refractivity contribution < 1.29 is 19.0 Å². The van der Waals surface area contributed by atoms with Gasteiger partial charge in [0, 0.05) is 45.7 Å². The van der Waals surface area contributed by atoms with E-state index in [4.69, 9.17) is 14.2 Å². The van der Waals surface area contributed by atoms with Crippen LogP contribution in [0.1, 0.15) is 31.9 Å². The van der Waals surface area contributed by atoms with Crippen molar-refractivity contribution in [2.45, 2.75) is 32.4 Å². The highest BCUT2D eigenvalue weighted by Crippen LogP contribution is 2.32. The van der Waals surface area contributed by atoms with Crippen LogP contribution in [0.3, 0.4) is 0 Å². The molecule has 1 aliphatic rings. The lowest BCUT2D eigenvalue weighted by atomic mass is 10.0. The van der Waals surface area contributed by atoms with Crippen molar-refractivity contribution in [1.29, 1.82) is 0 Å². The van der Waals surface area contributed by atoms with Crippen molar-refractivity contribution in [3.05, 3.63) is 23.8 Å². The Morgan fingerprint density at radius 3 is 2.48 bits per heavy atom. The van der Waals surface area contributed by atoms with E-state index in [1.165, 1.54) is 0 Å². The number of hydrogen-bond donors (Lipinski definition) is 3. The molecule has 0 spiro atoms. The first-order chi connectivity index (χ1) is 15.0. The normalized spacial score (nSPS) is 16.0. The second-order valence-electron chi connectivity index (χ2n) is 7.63. The smallest absolute Gasteiger partial charge is 0.221 e. The lowest BCUT2D eigenvalue weighted by molar-refractivity contribution is -0.121. The highest BCUT2D eigenvalue weighted by Gasteiger charge is 2.24. The van der Waals surface area contributed by atoms with Gasteiger partial charge in [0.1, 0.15) is 0 Å². The lowest BCUT2D eigenvalue weighted by Gasteiger charge is -2.35. The van der Waals surface area contributed by atoms with Gasteiger partial charge in [-0.3, -0.25) is 14.7 Å². The van der Waals surface area contributed by atoms with Crippen LogP contribution in [0.15, 0.2) is 23.2 Å². The summed E-state index contributed by atoms with van der Waals surface area (Å²) in [6.07, 6.45) is 0.390. The van der Waals surface area contributed by atoms with E-state index in [0.29, 0.717) is 50.2 Å². The van der Waals surface area contributed by atoms with E-state index in [9.17, 15) is 4.79 Å². The third-order valence-corrected chi connectivity index (χ3v) is 5.06. The van der Waals surface area contributed by atoms with Gasteiger partial charge in [0.2, 0.25) is 5.91 Å². The lowest BCUT2D eigenvalue weighted by Crippen LogP contribution is -2.46. The quantitative estimate of drug-likeness (QED) is 0.375. The second-order valence-corrected chi connectivity index (χ2v) is 7.63. The maximum atomic E-state index is 11.8. The van der Waals surface area contributed by atoms with Crippen LogP contribution in [-0.4, -0.2) is 83.5 Å². The summed E-state index contributed by atoms with van der Waals surface area (Å²) in [6, 6.07) is 6.26. The fraction of sp³-hybridized carbons (Fsp3) is 0.636. The van der Waals surface area contributed by atoms with E-state index in [-0.39, 0.29) is 18.0 Å². The summed E-state index contributed by atoms with van der Waals surface area (Å²) in [5, 5.41) is 9.50. The van der Waals surface area contributed by atoms with Gasteiger partial charge < -0.3 is 30.2 Å². The number of amides is 1. The van der Waals surface area contributed by atoms with E-state index in [0.717, 1.165) is 18.7 Å². The number of rotatable bonds is 10. The predicted molar refractivity (Wildman–Crippen MR) is 122 cm³/mol. The summed E-state index contributed by atoms with van der Waals surface area (Å²) in [4.78, 5) is 18.5. The van der Waals surface area contributed by atoms with E-state index < -0.39 is 0 Å². The van der Waals surface area contributed by atoms with Crippen molar-refractivity contribution in [2.75, 3.05) is 60.7 Å². The Labute approximate surface area is 185 Å². The topological polar surface area (TPSA) is 96.5 Å². The number of nitrogens with zero attached hydrogens (tertiary/aromatic N) is 2. The number of ether oxygens (including phenoxy) is 3. The third-order valence-electron chi connectivity index (χ3n) is 5.06. The van der Waals surface area contributed by atoms with Crippen LogP contribution < -0.4 is 25.4 Å². The third kappa shape index (κ3) is 7.91. The van der Waals surface area contributed by atoms with Crippen molar-refractivity contribution in [1.82, 2.24) is 20.9 Å². The van der Waals surface area contributed by atoms with Crippen molar-refractivity contribution >= 4 is 11.9 Å². The molecule has 0 aromatic heterocycles. The Kier molecular flexibility index (Phi) is 10.4. The average molecular weight is 436 g/mol. The SMILES string of the molecule is CN=C(NCCC(=O)NC(C)C)NCC(c1ccc(OC)c(OC)c1)N1CCOCC1. The van der Waals surface area contributed by atoms with Gasteiger partial charge in [-0.1, -0.05) is 6.07 Å². The van der Waals surface area contributed by atoms with E-state index >= 15 is 0 Å². The number of methoxy groups -OCH3 is 2. The predicted octanol–water partition coefficient (Wildman–Crippen LogP) is 1.16. The van der Waals surface area contributed by atoms with E-state index in [1.54, 1.807) is 21.3 Å². The van der Waals surface area contributed by atoms with Crippen LogP contribution in [0.2, 0.25) is 0 Å². The molecule has 174 valence electrons. The molecule has 1 unspecified atom stereocenters. The molecule has 9 heteroatoms. The zero-order valence-electron chi connectivity index (χ0n) is 19.4. The number of aliphatic imine (C=N–C) groups is 1. The zero-order valence-corrected chi connectivity index (χ0v) is 19.4. The number of carbonyl (C=O) groups is 1. The number of nitrogens with one attached hydrogen (secondary N) is 3. The Balaban J connectivity index is 2.03. The van der Waals surface area contributed by atoms with Gasteiger partial charge in [0.05, 0.1) is 33.5 Å². The van der Waals surface area contributed by atoms with Crippen LogP contribution in [0.5, 0.6) is 11.5 Å². The van der Waals surface area contributed by atoms with Crippen LogP contribution in [0.4, 0.5) is 0 Å². The average Bonchev–Trinajstić information content (AvgIpc) is 2.78. The summed E-state index contributed by atoms with van der Waals surface area (Å²) < 4.78 is 16.4. The first kappa shape index (κ1) is 24.7. The maximum Gasteiger partial charge on any atom is 0.221 e. The molecule has 1 heterocycles. The molecule has 0 saturated carbocycles. The first-order valence-electron chi connectivity index (χ1n) is 10.8. The number of hydrogen-bond acceptors (Lipinski definition) is 6. The summed E-state index contributed by atoms with van der Waals surface area (Å²) >= 11 is 0. The first-order valence-corrected chi connectivity index (χ1v) is 10.8. The molecule has 0 bridgehead atoms. The standard InChI is InChI=1S/C22H37N5O4/c1-16(2)26-21(28)8-9-24-22(23-3)25-15-18(27-10-12-31-13-11-27)17-6-7-19(29-4)20(14-17)30-5/h6-7,14,16,18H,8-13,15H2,1-5H3,(H,26,28)(H2,23,24,25). The summed E-state index contributed by atoms with van der Waals surface area (Å²) in [6.45, 7) is 8.18. The Morgan fingerprint density at radius 1 is 1.16 bits per heavy atom. The van der Waals surface area contributed by atoms with Gasteiger partial charge in [-0.25, -0.2) is 0 Å². The molecular formula is C22H37N5O4. The minimum atomic E-state index is 0.0227. The van der Waals surface area contributed by atoms with Gasteiger partial charge in [-0.15, -0.1) is 0 Å². The number of guanidine groups is 1. The van der Waals surface area contributed by atoms with Gasteiger partial charge in [-0.05, 0) is 31.5 Å². The molecule has 1 fully saturated rings. The van der Waals surface area contributed by atoms with E-state index in [1.807, 2.05) is 26.0 Å². The highest BCUT2D eigenvalue weighted by molar-refractivity contribution is 5.81. The highest BCUT2D eigenvalue weighted by atomic mass is 16.5. The van der Waals surface area contributed by atoms with Gasteiger partial charge in [-0.2, -0.15) is 0 Å². The molecule has 1 atom stereocenters. The van der Waals surface area contributed by atoms with Crippen LogP contribution in [0.25, 0.3) is 0 Å². The molecule has 2 rings (SSSR count). The molecule has 1 aliphatic heterocycles. The molecule has 9 nitrogen and oxygen atoms in total. The minimum absolute atomic E-state index is 0.0227.